The molecule has 2 nitrogen and oxygen atoms in total. The van der Waals surface area contributed by atoms with Gasteiger partial charge in [-0.25, -0.2) is 0 Å². The minimum atomic E-state index is 0.930. The fourth-order valence-electron chi connectivity index (χ4n) is 6.39. The Hall–Kier alpha value is -4.82. The summed E-state index contributed by atoms with van der Waals surface area (Å²) in [4.78, 5) is 0. The summed E-state index contributed by atoms with van der Waals surface area (Å²) in [5.41, 5.74) is 8.00. The lowest BCUT2D eigenvalue weighted by molar-refractivity contribution is 0.670. The molecule has 2 heteroatoms. The highest BCUT2D eigenvalue weighted by Gasteiger charge is 2.20. The van der Waals surface area contributed by atoms with Crippen LogP contribution in [0.5, 0.6) is 0 Å². The summed E-state index contributed by atoms with van der Waals surface area (Å²) in [7, 11) is 0. The zero-order valence-electron chi connectivity index (χ0n) is 19.3. The van der Waals surface area contributed by atoms with Crippen LogP contribution in [0.2, 0.25) is 0 Å². The Balaban J connectivity index is 1.46. The van der Waals surface area contributed by atoms with Gasteiger partial charge in [-0.15, -0.1) is 0 Å². The molecule has 0 aliphatic heterocycles. The molecule has 36 heavy (non-hydrogen) atoms. The Bertz CT molecular complexity index is 2310. The quantitative estimate of drug-likeness (QED) is 0.240. The first-order valence-corrected chi connectivity index (χ1v) is 12.4. The van der Waals surface area contributed by atoms with Crippen molar-refractivity contribution in [2.75, 3.05) is 0 Å². The van der Waals surface area contributed by atoms with Crippen LogP contribution in [0.25, 0.3) is 81.9 Å². The van der Waals surface area contributed by atoms with Crippen molar-refractivity contribution in [1.29, 1.82) is 0 Å². The first-order chi connectivity index (χ1) is 17.9. The molecule has 0 N–H and O–H groups in total. The van der Waals surface area contributed by atoms with Crippen molar-refractivity contribution in [3.63, 3.8) is 0 Å². The Morgan fingerprint density at radius 2 is 1.25 bits per heavy atom. The van der Waals surface area contributed by atoms with E-state index in [0.717, 1.165) is 27.5 Å². The molecule has 6 aromatic carbocycles. The molecule has 3 aromatic heterocycles. The predicted octanol–water partition coefficient (Wildman–Crippen LogP) is 9.56. The van der Waals surface area contributed by atoms with E-state index >= 15 is 0 Å². The maximum atomic E-state index is 6.38. The van der Waals surface area contributed by atoms with Crippen LogP contribution in [0.4, 0.5) is 0 Å². The van der Waals surface area contributed by atoms with Gasteiger partial charge in [-0.3, -0.25) is 0 Å². The van der Waals surface area contributed by atoms with E-state index in [1.54, 1.807) is 0 Å². The molecule has 0 amide bonds. The van der Waals surface area contributed by atoms with Crippen LogP contribution in [0.15, 0.2) is 120 Å². The van der Waals surface area contributed by atoms with Gasteiger partial charge in [0.2, 0.25) is 0 Å². The number of aromatic nitrogens is 1. The third-order valence-corrected chi connectivity index (χ3v) is 7.90. The van der Waals surface area contributed by atoms with Crippen LogP contribution in [-0.2, 0) is 0 Å². The molecule has 9 aromatic rings. The van der Waals surface area contributed by atoms with Crippen molar-refractivity contribution in [1.82, 2.24) is 4.40 Å². The van der Waals surface area contributed by atoms with Gasteiger partial charge in [0.1, 0.15) is 11.2 Å². The van der Waals surface area contributed by atoms with E-state index in [1.165, 1.54) is 54.4 Å². The average molecular weight is 458 g/mol. The number of hydrogen-bond donors (Lipinski definition) is 0. The van der Waals surface area contributed by atoms with Crippen molar-refractivity contribution in [2.24, 2.45) is 0 Å². The molecule has 0 bridgehead atoms. The fourth-order valence-corrected chi connectivity index (χ4v) is 6.39. The normalized spacial score (nSPS) is 12.4. The SMILES string of the molecule is c1ccc2c(c1)cc1c3ccccc3n3c4ccc(-c5cccc6c5oc5ccccc56)cc4c2c13. The zero-order valence-corrected chi connectivity index (χ0v) is 19.3. The topological polar surface area (TPSA) is 17.6 Å². The minimum absolute atomic E-state index is 0.930. The largest absolute Gasteiger partial charge is 0.455 e. The molecule has 0 aliphatic carbocycles. The van der Waals surface area contributed by atoms with Gasteiger partial charge in [-0.05, 0) is 46.7 Å². The van der Waals surface area contributed by atoms with Gasteiger partial charge >= 0.3 is 0 Å². The lowest BCUT2D eigenvalue weighted by Crippen LogP contribution is -1.82. The number of rotatable bonds is 1. The molecule has 9 rings (SSSR count). The smallest absolute Gasteiger partial charge is 0.143 e. The molecule has 0 unspecified atom stereocenters. The number of hydrogen-bond acceptors (Lipinski definition) is 1. The Morgan fingerprint density at radius 3 is 2.19 bits per heavy atom. The predicted molar refractivity (Wildman–Crippen MR) is 151 cm³/mol. The number of benzene rings is 6. The summed E-state index contributed by atoms with van der Waals surface area (Å²) >= 11 is 0. The molecule has 0 saturated heterocycles. The standard InChI is InChI=1S/C34H19NO/c1-2-9-22-20(8-1)18-27-24-10-3-5-14-29(24)35-30-17-16-21(19-28(30)32(22)33(27)35)23-12-7-13-26-25-11-4-6-15-31(25)36-34(23)26/h1-19H. The molecule has 0 aliphatic rings. The monoisotopic (exact) mass is 457 g/mol. The number of fused-ring (bicyclic) bond motifs is 11. The lowest BCUT2D eigenvalue weighted by Gasteiger charge is -2.06. The van der Waals surface area contributed by atoms with Gasteiger partial charge in [0.15, 0.2) is 0 Å². The van der Waals surface area contributed by atoms with E-state index in [0.29, 0.717) is 0 Å². The first kappa shape index (κ1) is 18.5. The maximum absolute atomic E-state index is 6.38. The summed E-state index contributed by atoms with van der Waals surface area (Å²) in [6.45, 7) is 0. The Kier molecular flexibility index (Phi) is 3.31. The minimum Gasteiger partial charge on any atom is -0.455 e. The third kappa shape index (κ3) is 2.18. The van der Waals surface area contributed by atoms with E-state index in [1.807, 2.05) is 12.1 Å². The van der Waals surface area contributed by atoms with Gasteiger partial charge in [0.25, 0.3) is 0 Å². The number of para-hydroxylation sites is 3. The zero-order chi connectivity index (χ0) is 23.4. The molecule has 0 saturated carbocycles. The van der Waals surface area contributed by atoms with E-state index in [4.69, 9.17) is 4.42 Å². The molecule has 3 heterocycles. The van der Waals surface area contributed by atoms with E-state index in [9.17, 15) is 0 Å². The summed E-state index contributed by atoms with van der Waals surface area (Å²) < 4.78 is 8.84. The van der Waals surface area contributed by atoms with Gasteiger partial charge in [0.05, 0.1) is 16.6 Å². The van der Waals surface area contributed by atoms with Crippen molar-refractivity contribution in [3.8, 4) is 11.1 Å². The summed E-state index contributed by atoms with van der Waals surface area (Å²) in [6.07, 6.45) is 0. The van der Waals surface area contributed by atoms with Crippen LogP contribution in [-0.4, -0.2) is 4.40 Å². The van der Waals surface area contributed by atoms with E-state index in [-0.39, 0.29) is 0 Å². The summed E-state index contributed by atoms with van der Waals surface area (Å²) in [5, 5.41) is 10.1. The van der Waals surface area contributed by atoms with Gasteiger partial charge in [-0.2, -0.15) is 0 Å². The first-order valence-electron chi connectivity index (χ1n) is 12.4. The molecule has 0 radical (unpaired) electrons. The second-order valence-electron chi connectivity index (χ2n) is 9.73. The highest BCUT2D eigenvalue weighted by atomic mass is 16.3. The molecular formula is C34H19NO. The summed E-state index contributed by atoms with van der Waals surface area (Å²) in [6, 6.07) is 41.5. The van der Waals surface area contributed by atoms with Gasteiger partial charge in [-0.1, -0.05) is 84.9 Å². The highest BCUT2D eigenvalue weighted by molar-refractivity contribution is 6.31. The molecular weight excluding hydrogens is 438 g/mol. The molecule has 0 atom stereocenters. The second kappa shape index (κ2) is 6.44. The Labute approximate surface area is 205 Å². The van der Waals surface area contributed by atoms with Crippen LogP contribution >= 0.6 is 0 Å². The van der Waals surface area contributed by atoms with Crippen LogP contribution in [0, 0.1) is 0 Å². The second-order valence-corrected chi connectivity index (χ2v) is 9.73. The van der Waals surface area contributed by atoms with Crippen LogP contribution in [0.3, 0.4) is 0 Å². The van der Waals surface area contributed by atoms with Gasteiger partial charge in [0, 0.05) is 37.9 Å². The molecule has 0 spiro atoms. The van der Waals surface area contributed by atoms with E-state index < -0.39 is 0 Å². The van der Waals surface area contributed by atoms with Crippen molar-refractivity contribution in [3.05, 3.63) is 115 Å². The maximum Gasteiger partial charge on any atom is 0.143 e. The molecule has 166 valence electrons. The number of furan rings is 1. The lowest BCUT2D eigenvalue weighted by atomic mass is 9.97. The molecule has 0 fully saturated rings. The van der Waals surface area contributed by atoms with Gasteiger partial charge < -0.3 is 8.82 Å². The number of nitrogens with zero attached hydrogens (tertiary/aromatic N) is 1. The van der Waals surface area contributed by atoms with Crippen LogP contribution < -0.4 is 0 Å². The average Bonchev–Trinajstić information content (AvgIpc) is 3.59. The van der Waals surface area contributed by atoms with Crippen molar-refractivity contribution in [2.45, 2.75) is 0 Å². The Morgan fingerprint density at radius 1 is 0.500 bits per heavy atom. The fraction of sp³-hybridized carbons (Fsp3) is 0. The van der Waals surface area contributed by atoms with Crippen molar-refractivity contribution >= 4 is 70.8 Å². The summed E-state index contributed by atoms with van der Waals surface area (Å²) in [5.74, 6) is 0. The van der Waals surface area contributed by atoms with E-state index in [2.05, 4.69) is 108 Å². The third-order valence-electron chi connectivity index (χ3n) is 7.90. The van der Waals surface area contributed by atoms with Crippen molar-refractivity contribution < 1.29 is 4.42 Å². The van der Waals surface area contributed by atoms with Crippen LogP contribution in [0.1, 0.15) is 0 Å². The highest BCUT2D eigenvalue weighted by Crippen LogP contribution is 2.44.